The number of halogens is 1. The summed E-state index contributed by atoms with van der Waals surface area (Å²) in [4.78, 5) is 2.32. The lowest BCUT2D eigenvalue weighted by atomic mass is 9.93. The topological polar surface area (TPSA) is 33.6 Å². The van der Waals surface area contributed by atoms with E-state index in [-0.39, 0.29) is 5.60 Å². The molecule has 4 nitrogen and oxygen atoms in total. The van der Waals surface area contributed by atoms with E-state index < -0.39 is 0 Å². The second kappa shape index (κ2) is 3.06. The van der Waals surface area contributed by atoms with Crippen molar-refractivity contribution in [3.8, 4) is 0 Å². The van der Waals surface area contributed by atoms with Crippen molar-refractivity contribution < 1.29 is 4.74 Å². The molecule has 2 fully saturated rings. The predicted molar refractivity (Wildman–Crippen MR) is 59.6 cm³/mol. The van der Waals surface area contributed by atoms with E-state index >= 15 is 0 Å². The van der Waals surface area contributed by atoms with E-state index in [0.717, 1.165) is 24.0 Å². The maximum absolute atomic E-state index is 5.91. The number of hydrogen-bond acceptors (Lipinski definition) is 3. The highest BCUT2D eigenvalue weighted by atomic mass is 79.9. The van der Waals surface area contributed by atoms with Crippen LogP contribution < -0.4 is 0 Å². The molecule has 2 atom stereocenters. The molecule has 0 aromatic carbocycles. The molecule has 0 bridgehead atoms. The summed E-state index contributed by atoms with van der Waals surface area (Å²) in [6.45, 7) is 2.12. The van der Waals surface area contributed by atoms with Crippen molar-refractivity contribution in [1.82, 2.24) is 14.7 Å². The molecule has 5 heteroatoms. The SMILES string of the molecule is CN1CC[C@@]2(c3c(Br)cnn3C)O[C@H]2C1. The Kier molecular flexibility index (Phi) is 2.00. The largest absolute Gasteiger partial charge is 0.358 e. The van der Waals surface area contributed by atoms with Gasteiger partial charge in [-0.25, -0.2) is 0 Å². The van der Waals surface area contributed by atoms with Crippen molar-refractivity contribution in [3.05, 3.63) is 16.4 Å². The van der Waals surface area contributed by atoms with E-state index in [4.69, 9.17) is 4.74 Å². The van der Waals surface area contributed by atoms with Crippen molar-refractivity contribution in [2.24, 2.45) is 7.05 Å². The molecule has 2 saturated heterocycles. The number of hydrogen-bond donors (Lipinski definition) is 0. The van der Waals surface area contributed by atoms with Crippen LogP contribution in [-0.2, 0) is 17.4 Å². The predicted octanol–water partition coefficient (Wildman–Crippen LogP) is 1.11. The Morgan fingerprint density at radius 3 is 3.00 bits per heavy atom. The standard InChI is InChI=1S/C10H14BrN3O/c1-13-4-3-10(8(6-13)15-10)9-7(11)5-12-14(9)2/h5,8H,3-4,6H2,1-2H3/t8-,10+/m0/s1. The lowest BCUT2D eigenvalue weighted by Crippen LogP contribution is -2.36. The Hall–Kier alpha value is -0.390. The Balaban J connectivity index is 1.96. The first-order valence-electron chi connectivity index (χ1n) is 5.18. The number of rotatable bonds is 1. The third-order valence-electron chi connectivity index (χ3n) is 3.45. The van der Waals surface area contributed by atoms with Gasteiger partial charge in [0, 0.05) is 20.1 Å². The van der Waals surface area contributed by atoms with Gasteiger partial charge in [-0.3, -0.25) is 4.68 Å². The fraction of sp³-hybridized carbons (Fsp3) is 0.700. The lowest BCUT2D eigenvalue weighted by Gasteiger charge is -2.25. The number of epoxide rings is 1. The number of aromatic nitrogens is 2. The number of piperidine rings is 1. The van der Waals surface area contributed by atoms with Gasteiger partial charge < -0.3 is 9.64 Å². The number of nitrogens with zero attached hydrogens (tertiary/aromatic N) is 3. The molecule has 0 saturated carbocycles. The summed E-state index contributed by atoms with van der Waals surface area (Å²) in [5.74, 6) is 0. The smallest absolute Gasteiger partial charge is 0.140 e. The number of likely N-dealkylation sites (tertiary alicyclic amines) is 1. The molecule has 0 aliphatic carbocycles. The first kappa shape index (κ1) is 9.81. The van der Waals surface area contributed by atoms with E-state index in [1.54, 1.807) is 0 Å². The molecule has 0 spiro atoms. The first-order chi connectivity index (χ1) is 7.13. The van der Waals surface area contributed by atoms with E-state index in [1.807, 2.05) is 17.9 Å². The Morgan fingerprint density at radius 1 is 1.60 bits per heavy atom. The quantitative estimate of drug-likeness (QED) is 0.718. The van der Waals surface area contributed by atoms with E-state index in [9.17, 15) is 0 Å². The maximum Gasteiger partial charge on any atom is 0.140 e. The molecule has 2 aliphatic rings. The molecule has 0 amide bonds. The van der Waals surface area contributed by atoms with Crippen molar-refractivity contribution in [3.63, 3.8) is 0 Å². The van der Waals surface area contributed by atoms with Crippen LogP contribution in [0, 0.1) is 0 Å². The molecule has 2 aliphatic heterocycles. The summed E-state index contributed by atoms with van der Waals surface area (Å²) in [5.41, 5.74) is 1.14. The van der Waals surface area contributed by atoms with Gasteiger partial charge in [0.25, 0.3) is 0 Å². The first-order valence-corrected chi connectivity index (χ1v) is 5.97. The average molecular weight is 272 g/mol. The van der Waals surface area contributed by atoms with Crippen molar-refractivity contribution in [1.29, 1.82) is 0 Å². The zero-order valence-corrected chi connectivity index (χ0v) is 10.5. The summed E-state index contributed by atoms with van der Waals surface area (Å²) in [6.07, 6.45) is 3.26. The molecule has 3 heterocycles. The summed E-state index contributed by atoms with van der Waals surface area (Å²) >= 11 is 3.55. The summed E-state index contributed by atoms with van der Waals surface area (Å²) in [6, 6.07) is 0. The van der Waals surface area contributed by atoms with Crippen LogP contribution in [0.3, 0.4) is 0 Å². The normalized spacial score (nSPS) is 35.3. The van der Waals surface area contributed by atoms with Crippen LogP contribution >= 0.6 is 15.9 Å². The van der Waals surface area contributed by atoms with Gasteiger partial charge in [-0.15, -0.1) is 0 Å². The van der Waals surface area contributed by atoms with Gasteiger partial charge in [-0.2, -0.15) is 5.10 Å². The molecule has 0 N–H and O–H groups in total. The molecule has 0 radical (unpaired) electrons. The summed E-state index contributed by atoms with van der Waals surface area (Å²) in [7, 11) is 4.12. The number of ether oxygens (including phenoxy) is 1. The molecule has 82 valence electrons. The Labute approximate surface area is 97.3 Å². The van der Waals surface area contributed by atoms with Gasteiger partial charge >= 0.3 is 0 Å². The van der Waals surface area contributed by atoms with Crippen molar-refractivity contribution in [2.45, 2.75) is 18.1 Å². The molecule has 0 unspecified atom stereocenters. The lowest BCUT2D eigenvalue weighted by molar-refractivity contribution is 0.252. The van der Waals surface area contributed by atoms with Gasteiger partial charge in [0.2, 0.25) is 0 Å². The fourth-order valence-corrected chi connectivity index (χ4v) is 3.25. The highest BCUT2D eigenvalue weighted by molar-refractivity contribution is 9.10. The molecule has 1 aromatic rings. The Morgan fingerprint density at radius 2 is 2.40 bits per heavy atom. The van der Waals surface area contributed by atoms with Crippen molar-refractivity contribution in [2.75, 3.05) is 20.1 Å². The van der Waals surface area contributed by atoms with Crippen LogP contribution in [0.1, 0.15) is 12.1 Å². The van der Waals surface area contributed by atoms with E-state index in [2.05, 4.69) is 33.0 Å². The van der Waals surface area contributed by atoms with Crippen molar-refractivity contribution >= 4 is 15.9 Å². The van der Waals surface area contributed by atoms with Crippen LogP contribution in [-0.4, -0.2) is 40.9 Å². The minimum atomic E-state index is -0.0589. The maximum atomic E-state index is 5.91. The second-order valence-electron chi connectivity index (χ2n) is 4.47. The number of aryl methyl sites for hydroxylation is 1. The minimum absolute atomic E-state index is 0.0589. The summed E-state index contributed by atoms with van der Waals surface area (Å²) in [5, 5.41) is 4.26. The second-order valence-corrected chi connectivity index (χ2v) is 5.33. The number of likely N-dealkylation sites (N-methyl/N-ethyl adjacent to an activating group) is 1. The fourth-order valence-electron chi connectivity index (χ4n) is 2.57. The van der Waals surface area contributed by atoms with E-state index in [1.165, 1.54) is 5.69 Å². The van der Waals surface area contributed by atoms with Crippen LogP contribution in [0.25, 0.3) is 0 Å². The van der Waals surface area contributed by atoms with Gasteiger partial charge in [0.15, 0.2) is 0 Å². The molecule has 15 heavy (non-hydrogen) atoms. The van der Waals surface area contributed by atoms with Gasteiger partial charge in [-0.05, 0) is 29.4 Å². The van der Waals surface area contributed by atoms with Crippen LogP contribution in [0.5, 0.6) is 0 Å². The highest BCUT2D eigenvalue weighted by Crippen LogP contribution is 2.53. The highest BCUT2D eigenvalue weighted by Gasteiger charge is 2.61. The van der Waals surface area contributed by atoms with Crippen LogP contribution in [0.4, 0.5) is 0 Å². The van der Waals surface area contributed by atoms with E-state index in [0.29, 0.717) is 6.10 Å². The molecular weight excluding hydrogens is 258 g/mol. The van der Waals surface area contributed by atoms with Gasteiger partial charge in [0.1, 0.15) is 11.7 Å². The summed E-state index contributed by atoms with van der Waals surface area (Å²) < 4.78 is 8.90. The molecule has 1 aromatic heterocycles. The average Bonchev–Trinajstić information content (AvgIpc) is 2.79. The third kappa shape index (κ3) is 1.30. The molecular formula is C10H14BrN3O. The molecule has 3 rings (SSSR count). The van der Waals surface area contributed by atoms with Gasteiger partial charge in [-0.1, -0.05) is 0 Å². The third-order valence-corrected chi connectivity index (χ3v) is 4.03. The zero-order valence-electron chi connectivity index (χ0n) is 8.90. The minimum Gasteiger partial charge on any atom is -0.358 e. The monoisotopic (exact) mass is 271 g/mol. The number of fused-ring (bicyclic) bond motifs is 1. The zero-order chi connectivity index (χ0) is 10.6. The van der Waals surface area contributed by atoms with Crippen LogP contribution in [0.2, 0.25) is 0 Å². The Bertz CT molecular complexity index is 386. The van der Waals surface area contributed by atoms with Gasteiger partial charge in [0.05, 0.1) is 16.4 Å². The van der Waals surface area contributed by atoms with Crippen LogP contribution in [0.15, 0.2) is 10.7 Å².